The van der Waals surface area contributed by atoms with E-state index >= 15 is 0 Å². The van der Waals surface area contributed by atoms with Crippen molar-refractivity contribution < 1.29 is 13.6 Å². The zero-order valence-electron chi connectivity index (χ0n) is 18.8. The molecule has 0 aliphatic carbocycles. The SMILES string of the molecule is O=C(NCc1ccc(F)cc1)c1coc(CSc2nnc(-c3ccccc3Cl)n2-c2ccccc2)n1. The minimum Gasteiger partial charge on any atom is -0.447 e. The third kappa shape index (κ3) is 5.32. The Morgan fingerprint density at radius 2 is 1.75 bits per heavy atom. The summed E-state index contributed by atoms with van der Waals surface area (Å²) in [7, 11) is 0. The van der Waals surface area contributed by atoms with E-state index in [-0.39, 0.29) is 24.0 Å². The standard InChI is InChI=1S/C26H19ClFN5O2S/c27-21-9-5-4-8-20(21)24-31-32-26(33(24)19-6-2-1-3-7-19)36-16-23-30-22(15-35-23)25(34)29-14-17-10-12-18(28)13-11-17/h1-13,15H,14,16H2,(H,29,34). The number of hydrogen-bond donors (Lipinski definition) is 1. The van der Waals surface area contributed by atoms with Gasteiger partial charge in [-0.2, -0.15) is 0 Å². The Kier molecular flexibility index (Phi) is 7.11. The second-order valence-corrected chi connectivity index (χ2v) is 9.03. The van der Waals surface area contributed by atoms with Gasteiger partial charge in [-0.1, -0.05) is 65.8 Å². The highest BCUT2D eigenvalue weighted by Gasteiger charge is 2.19. The van der Waals surface area contributed by atoms with Crippen molar-refractivity contribution in [3.63, 3.8) is 0 Å². The topological polar surface area (TPSA) is 85.8 Å². The van der Waals surface area contributed by atoms with Crippen LogP contribution < -0.4 is 5.32 Å². The summed E-state index contributed by atoms with van der Waals surface area (Å²) in [6, 6.07) is 23.1. The number of oxazole rings is 1. The van der Waals surface area contributed by atoms with E-state index in [1.54, 1.807) is 12.1 Å². The van der Waals surface area contributed by atoms with E-state index in [9.17, 15) is 9.18 Å². The summed E-state index contributed by atoms with van der Waals surface area (Å²) >= 11 is 7.81. The highest BCUT2D eigenvalue weighted by atomic mass is 35.5. The normalized spacial score (nSPS) is 10.9. The third-order valence-corrected chi connectivity index (χ3v) is 6.48. The van der Waals surface area contributed by atoms with Crippen molar-refractivity contribution in [1.29, 1.82) is 0 Å². The molecular weight excluding hydrogens is 501 g/mol. The van der Waals surface area contributed by atoms with Crippen molar-refractivity contribution in [3.8, 4) is 17.1 Å². The van der Waals surface area contributed by atoms with Crippen LogP contribution in [0.15, 0.2) is 94.7 Å². The average molecular weight is 520 g/mol. The van der Waals surface area contributed by atoms with Crippen LogP contribution in [0.25, 0.3) is 17.1 Å². The maximum atomic E-state index is 13.0. The fraction of sp³-hybridized carbons (Fsp3) is 0.0769. The number of nitrogens with zero attached hydrogens (tertiary/aromatic N) is 4. The Bertz CT molecular complexity index is 1490. The van der Waals surface area contributed by atoms with Crippen LogP contribution in [0, 0.1) is 5.82 Å². The van der Waals surface area contributed by atoms with Gasteiger partial charge in [-0.05, 0) is 42.0 Å². The Labute approximate surface area is 215 Å². The average Bonchev–Trinajstić information content (AvgIpc) is 3.55. The Morgan fingerprint density at radius 1 is 1.00 bits per heavy atom. The van der Waals surface area contributed by atoms with E-state index in [1.807, 2.05) is 59.2 Å². The molecule has 1 amide bonds. The van der Waals surface area contributed by atoms with Gasteiger partial charge in [0.15, 0.2) is 16.7 Å². The van der Waals surface area contributed by atoms with Gasteiger partial charge >= 0.3 is 0 Å². The summed E-state index contributed by atoms with van der Waals surface area (Å²) in [5.41, 5.74) is 2.58. The van der Waals surface area contributed by atoms with Crippen LogP contribution in [0.2, 0.25) is 5.02 Å². The molecule has 0 bridgehead atoms. The minimum atomic E-state index is -0.382. The van der Waals surface area contributed by atoms with Crippen LogP contribution in [0.5, 0.6) is 0 Å². The number of thioether (sulfide) groups is 1. The Balaban J connectivity index is 1.31. The predicted molar refractivity (Wildman–Crippen MR) is 135 cm³/mol. The molecule has 36 heavy (non-hydrogen) atoms. The van der Waals surface area contributed by atoms with Gasteiger partial charge in [-0.25, -0.2) is 9.37 Å². The number of hydrogen-bond acceptors (Lipinski definition) is 6. The maximum Gasteiger partial charge on any atom is 0.273 e. The number of carbonyl (C=O) groups is 1. The lowest BCUT2D eigenvalue weighted by atomic mass is 10.2. The van der Waals surface area contributed by atoms with Gasteiger partial charge < -0.3 is 9.73 Å². The van der Waals surface area contributed by atoms with E-state index in [2.05, 4.69) is 20.5 Å². The Morgan fingerprint density at radius 3 is 2.53 bits per heavy atom. The highest BCUT2D eigenvalue weighted by molar-refractivity contribution is 7.98. The monoisotopic (exact) mass is 519 g/mol. The van der Waals surface area contributed by atoms with Crippen LogP contribution >= 0.6 is 23.4 Å². The van der Waals surface area contributed by atoms with E-state index in [4.69, 9.17) is 16.0 Å². The number of benzene rings is 3. The number of aromatic nitrogens is 4. The van der Waals surface area contributed by atoms with Gasteiger partial charge in [0.05, 0.1) is 10.8 Å². The number of carbonyl (C=O) groups excluding carboxylic acids is 1. The van der Waals surface area contributed by atoms with Crippen molar-refractivity contribution in [3.05, 3.63) is 113 Å². The largest absolute Gasteiger partial charge is 0.447 e. The molecule has 180 valence electrons. The molecule has 10 heteroatoms. The zero-order chi connectivity index (χ0) is 24.9. The molecule has 0 atom stereocenters. The molecule has 0 spiro atoms. The molecule has 0 aliphatic rings. The van der Waals surface area contributed by atoms with Gasteiger partial charge in [0.1, 0.15) is 12.1 Å². The molecule has 3 aromatic carbocycles. The summed E-state index contributed by atoms with van der Waals surface area (Å²) < 4.78 is 20.5. The molecule has 1 N–H and O–H groups in total. The van der Waals surface area contributed by atoms with E-state index in [0.717, 1.165) is 16.8 Å². The van der Waals surface area contributed by atoms with Crippen molar-refractivity contribution in [2.24, 2.45) is 0 Å². The summed E-state index contributed by atoms with van der Waals surface area (Å²) in [5, 5.41) is 12.7. The molecule has 0 saturated carbocycles. The van der Waals surface area contributed by atoms with Crippen LogP contribution in [-0.2, 0) is 12.3 Å². The van der Waals surface area contributed by atoms with E-state index < -0.39 is 0 Å². The molecule has 0 unspecified atom stereocenters. The molecule has 0 radical (unpaired) electrons. The Hall–Kier alpha value is -3.95. The first-order chi connectivity index (χ1) is 17.6. The molecule has 5 rings (SSSR count). The number of rotatable bonds is 8. The third-order valence-electron chi connectivity index (χ3n) is 5.24. The lowest BCUT2D eigenvalue weighted by Crippen LogP contribution is -2.23. The first-order valence-corrected chi connectivity index (χ1v) is 12.3. The lowest BCUT2D eigenvalue weighted by Gasteiger charge is -2.10. The van der Waals surface area contributed by atoms with E-state index in [0.29, 0.717) is 27.6 Å². The highest BCUT2D eigenvalue weighted by Crippen LogP contribution is 2.32. The summed E-state index contributed by atoms with van der Waals surface area (Å²) in [6.07, 6.45) is 1.31. The molecule has 0 fully saturated rings. The van der Waals surface area contributed by atoms with Crippen LogP contribution in [-0.4, -0.2) is 25.7 Å². The van der Waals surface area contributed by atoms with E-state index in [1.165, 1.54) is 30.2 Å². The summed E-state index contributed by atoms with van der Waals surface area (Å²) in [4.78, 5) is 16.7. The van der Waals surface area contributed by atoms with Crippen molar-refractivity contribution in [2.75, 3.05) is 0 Å². The summed E-state index contributed by atoms with van der Waals surface area (Å²) in [6.45, 7) is 0.251. The summed E-state index contributed by atoms with van der Waals surface area (Å²) in [5.74, 6) is 0.605. The lowest BCUT2D eigenvalue weighted by molar-refractivity contribution is 0.0946. The smallest absolute Gasteiger partial charge is 0.273 e. The van der Waals surface area contributed by atoms with Crippen molar-refractivity contribution >= 4 is 29.3 Å². The first-order valence-electron chi connectivity index (χ1n) is 10.9. The second-order valence-electron chi connectivity index (χ2n) is 7.68. The number of nitrogens with one attached hydrogen (secondary N) is 1. The van der Waals surface area contributed by atoms with Gasteiger partial charge in [0.2, 0.25) is 5.89 Å². The second kappa shape index (κ2) is 10.8. The predicted octanol–water partition coefficient (Wildman–Crippen LogP) is 5.94. The number of halogens is 2. The minimum absolute atomic E-state index is 0.161. The molecule has 0 aliphatic heterocycles. The quantitative estimate of drug-likeness (QED) is 0.255. The van der Waals surface area contributed by atoms with Gasteiger partial charge in [-0.3, -0.25) is 9.36 Å². The number of amides is 1. The van der Waals surface area contributed by atoms with Crippen LogP contribution in [0.4, 0.5) is 4.39 Å². The maximum absolute atomic E-state index is 13.0. The van der Waals surface area contributed by atoms with Crippen molar-refractivity contribution in [2.45, 2.75) is 17.5 Å². The number of para-hydroxylation sites is 1. The molecule has 2 heterocycles. The fourth-order valence-corrected chi connectivity index (χ4v) is 4.50. The molecular formula is C26H19ClFN5O2S. The molecule has 7 nitrogen and oxygen atoms in total. The first kappa shape index (κ1) is 23.8. The molecule has 0 saturated heterocycles. The fourth-order valence-electron chi connectivity index (χ4n) is 3.47. The van der Waals surface area contributed by atoms with Gasteiger partial charge in [-0.15, -0.1) is 10.2 Å². The molecule has 5 aromatic rings. The van der Waals surface area contributed by atoms with Crippen molar-refractivity contribution in [1.82, 2.24) is 25.1 Å². The van der Waals surface area contributed by atoms with Crippen LogP contribution in [0.3, 0.4) is 0 Å². The van der Waals surface area contributed by atoms with Crippen LogP contribution in [0.1, 0.15) is 21.9 Å². The van der Waals surface area contributed by atoms with Gasteiger partial charge in [0.25, 0.3) is 5.91 Å². The van der Waals surface area contributed by atoms with Gasteiger partial charge in [0, 0.05) is 17.8 Å². The zero-order valence-corrected chi connectivity index (χ0v) is 20.3. The molecule has 2 aromatic heterocycles.